The van der Waals surface area contributed by atoms with E-state index < -0.39 is 28.0 Å². The molecular weight excluding hydrogens is 288 g/mol. The number of carbonyl (C=O) groups is 1. The molecule has 1 aromatic rings. The number of nitrogens with two attached hydrogens (primary N) is 1. The summed E-state index contributed by atoms with van der Waals surface area (Å²) < 4.78 is 29.0. The van der Waals surface area contributed by atoms with Crippen LogP contribution in [0.3, 0.4) is 0 Å². The van der Waals surface area contributed by atoms with Gasteiger partial charge in [-0.1, -0.05) is 5.21 Å². The molecule has 20 heavy (non-hydrogen) atoms. The number of aliphatic hydroxyl groups excluding tert-OH is 1. The van der Waals surface area contributed by atoms with Crippen molar-refractivity contribution in [2.24, 2.45) is 5.73 Å². The molecule has 2 heterocycles. The maximum Gasteiger partial charge on any atom is 0.360 e. The molecule has 1 fully saturated rings. The van der Waals surface area contributed by atoms with Crippen LogP contribution in [0.5, 0.6) is 0 Å². The Morgan fingerprint density at radius 1 is 1.55 bits per heavy atom. The van der Waals surface area contributed by atoms with Gasteiger partial charge >= 0.3 is 5.97 Å². The Bertz CT molecular complexity index is 611. The minimum Gasteiger partial charge on any atom is -0.464 e. The SMILES string of the molecule is COC(=O)c1nnn(C2CS(=O)(=O)CC2O)c1CCN. The van der Waals surface area contributed by atoms with Gasteiger partial charge in [-0.15, -0.1) is 5.10 Å². The molecule has 9 nitrogen and oxygen atoms in total. The number of carbonyl (C=O) groups excluding carboxylic acids is 1. The minimum absolute atomic E-state index is 0.00514. The van der Waals surface area contributed by atoms with Crippen molar-refractivity contribution in [1.82, 2.24) is 15.0 Å². The predicted molar refractivity (Wildman–Crippen MR) is 67.8 cm³/mol. The Kier molecular flexibility index (Phi) is 4.06. The molecule has 0 saturated carbocycles. The molecule has 0 amide bonds. The molecule has 0 radical (unpaired) electrons. The van der Waals surface area contributed by atoms with Crippen molar-refractivity contribution in [2.75, 3.05) is 25.2 Å². The lowest BCUT2D eigenvalue weighted by atomic mass is 10.2. The predicted octanol–water partition coefficient (Wildman–Crippen LogP) is -2.10. The van der Waals surface area contributed by atoms with E-state index in [1.54, 1.807) is 0 Å². The van der Waals surface area contributed by atoms with Crippen LogP contribution in [0.1, 0.15) is 22.2 Å². The van der Waals surface area contributed by atoms with E-state index >= 15 is 0 Å². The van der Waals surface area contributed by atoms with Gasteiger partial charge in [-0.3, -0.25) is 0 Å². The summed E-state index contributed by atoms with van der Waals surface area (Å²) in [7, 11) is -2.12. The molecule has 0 aromatic carbocycles. The molecule has 0 aliphatic carbocycles. The number of nitrogens with zero attached hydrogens (tertiary/aromatic N) is 3. The van der Waals surface area contributed by atoms with Crippen molar-refractivity contribution in [3.8, 4) is 0 Å². The fraction of sp³-hybridized carbons (Fsp3) is 0.700. The van der Waals surface area contributed by atoms with E-state index in [-0.39, 0.29) is 30.2 Å². The van der Waals surface area contributed by atoms with E-state index in [0.717, 1.165) is 0 Å². The van der Waals surface area contributed by atoms with Gasteiger partial charge in [0, 0.05) is 6.42 Å². The van der Waals surface area contributed by atoms with E-state index in [1.165, 1.54) is 11.8 Å². The molecular formula is C10H16N4O5S. The first kappa shape index (κ1) is 14.9. The normalized spacial score (nSPS) is 24.8. The van der Waals surface area contributed by atoms with Gasteiger partial charge in [-0.05, 0) is 6.54 Å². The van der Waals surface area contributed by atoms with Crippen molar-refractivity contribution in [3.63, 3.8) is 0 Å². The average molecular weight is 304 g/mol. The maximum atomic E-state index is 11.6. The standard InChI is InChI=1S/C10H16N4O5S/c1-19-10(16)9-6(2-3-11)14(13-12-9)7-4-20(17,18)5-8(7)15/h7-8,15H,2-5,11H2,1H3. The topological polar surface area (TPSA) is 137 Å². The van der Waals surface area contributed by atoms with E-state index in [2.05, 4.69) is 15.0 Å². The van der Waals surface area contributed by atoms with Crippen LogP contribution in [0.25, 0.3) is 0 Å². The highest BCUT2D eigenvalue weighted by Gasteiger charge is 2.40. The van der Waals surface area contributed by atoms with Crippen LogP contribution < -0.4 is 5.73 Å². The first-order valence-electron chi connectivity index (χ1n) is 6.00. The van der Waals surface area contributed by atoms with Crippen molar-refractivity contribution in [2.45, 2.75) is 18.6 Å². The van der Waals surface area contributed by atoms with Crippen LogP contribution in [-0.4, -0.2) is 65.8 Å². The summed E-state index contributed by atoms with van der Waals surface area (Å²) in [5, 5.41) is 17.4. The van der Waals surface area contributed by atoms with E-state index in [0.29, 0.717) is 5.69 Å². The number of aliphatic hydroxyl groups is 1. The Morgan fingerprint density at radius 2 is 2.25 bits per heavy atom. The van der Waals surface area contributed by atoms with Crippen LogP contribution in [0.15, 0.2) is 0 Å². The van der Waals surface area contributed by atoms with Gasteiger partial charge in [0.25, 0.3) is 0 Å². The molecule has 0 bridgehead atoms. The minimum atomic E-state index is -3.33. The monoisotopic (exact) mass is 304 g/mol. The van der Waals surface area contributed by atoms with Crippen LogP contribution >= 0.6 is 0 Å². The third kappa shape index (κ3) is 2.67. The van der Waals surface area contributed by atoms with Gasteiger partial charge < -0.3 is 15.6 Å². The lowest BCUT2D eigenvalue weighted by Crippen LogP contribution is -2.26. The summed E-state index contributed by atoms with van der Waals surface area (Å²) in [6, 6.07) is -0.757. The third-order valence-corrected chi connectivity index (χ3v) is 4.86. The van der Waals surface area contributed by atoms with Crippen molar-refractivity contribution < 1.29 is 23.1 Å². The first-order valence-corrected chi connectivity index (χ1v) is 7.82. The molecule has 2 rings (SSSR count). The number of ether oxygens (including phenoxy) is 1. The van der Waals surface area contributed by atoms with E-state index in [1.807, 2.05) is 0 Å². The van der Waals surface area contributed by atoms with Gasteiger partial charge in [-0.25, -0.2) is 17.9 Å². The highest BCUT2D eigenvalue weighted by Crippen LogP contribution is 2.26. The second-order valence-electron chi connectivity index (χ2n) is 4.57. The zero-order valence-corrected chi connectivity index (χ0v) is 11.7. The Morgan fingerprint density at radius 3 is 2.75 bits per heavy atom. The van der Waals surface area contributed by atoms with Gasteiger partial charge in [-0.2, -0.15) is 0 Å². The lowest BCUT2D eigenvalue weighted by molar-refractivity contribution is 0.0592. The summed E-state index contributed by atoms with van der Waals surface area (Å²) in [6.45, 7) is 0.229. The zero-order chi connectivity index (χ0) is 14.9. The van der Waals surface area contributed by atoms with Crippen molar-refractivity contribution in [3.05, 3.63) is 11.4 Å². The molecule has 1 aliphatic heterocycles. The van der Waals surface area contributed by atoms with Crippen LogP contribution in [-0.2, 0) is 21.0 Å². The first-order chi connectivity index (χ1) is 9.39. The lowest BCUT2D eigenvalue weighted by Gasteiger charge is -2.15. The van der Waals surface area contributed by atoms with E-state index in [9.17, 15) is 18.3 Å². The molecule has 2 unspecified atom stereocenters. The number of hydrogen-bond acceptors (Lipinski definition) is 8. The van der Waals surface area contributed by atoms with Gasteiger partial charge in [0.1, 0.15) is 0 Å². The summed E-state index contributed by atoms with van der Waals surface area (Å²) >= 11 is 0. The molecule has 1 aromatic heterocycles. The maximum absolute atomic E-state index is 11.6. The number of sulfone groups is 1. The molecule has 3 N–H and O–H groups in total. The highest BCUT2D eigenvalue weighted by molar-refractivity contribution is 7.91. The molecule has 112 valence electrons. The smallest absolute Gasteiger partial charge is 0.360 e. The fourth-order valence-corrected chi connectivity index (χ4v) is 4.01. The van der Waals surface area contributed by atoms with Crippen LogP contribution in [0, 0.1) is 0 Å². The third-order valence-electron chi connectivity index (χ3n) is 3.16. The molecule has 2 atom stereocenters. The number of methoxy groups -OCH3 is 1. The Balaban J connectivity index is 2.42. The average Bonchev–Trinajstić information content (AvgIpc) is 2.89. The Labute approximate surface area is 115 Å². The van der Waals surface area contributed by atoms with Crippen LogP contribution in [0.2, 0.25) is 0 Å². The van der Waals surface area contributed by atoms with Crippen molar-refractivity contribution in [1.29, 1.82) is 0 Å². The number of rotatable bonds is 4. The van der Waals surface area contributed by atoms with Crippen molar-refractivity contribution >= 4 is 15.8 Å². The van der Waals surface area contributed by atoms with Gasteiger partial charge in [0.05, 0.1) is 36.5 Å². The second-order valence-corrected chi connectivity index (χ2v) is 6.72. The fourth-order valence-electron chi connectivity index (χ4n) is 2.25. The number of hydrogen-bond donors (Lipinski definition) is 2. The molecule has 1 aliphatic rings. The summed E-state index contributed by atoms with van der Waals surface area (Å²) in [5.74, 6) is -1.24. The van der Waals surface area contributed by atoms with E-state index in [4.69, 9.17) is 5.73 Å². The molecule has 1 saturated heterocycles. The Hall–Kier alpha value is -1.52. The largest absolute Gasteiger partial charge is 0.464 e. The molecule has 10 heteroatoms. The van der Waals surface area contributed by atoms with Crippen LogP contribution in [0.4, 0.5) is 0 Å². The van der Waals surface area contributed by atoms with Gasteiger partial charge in [0.15, 0.2) is 15.5 Å². The zero-order valence-electron chi connectivity index (χ0n) is 10.9. The number of aromatic nitrogens is 3. The summed E-state index contributed by atoms with van der Waals surface area (Å²) in [5.41, 5.74) is 5.85. The quantitative estimate of drug-likeness (QED) is 0.603. The molecule has 0 spiro atoms. The second kappa shape index (κ2) is 5.46. The number of esters is 1. The summed E-state index contributed by atoms with van der Waals surface area (Å²) in [6.07, 6.45) is -0.801. The summed E-state index contributed by atoms with van der Waals surface area (Å²) in [4.78, 5) is 11.6. The highest BCUT2D eigenvalue weighted by atomic mass is 32.2. The van der Waals surface area contributed by atoms with Gasteiger partial charge in [0.2, 0.25) is 0 Å².